The van der Waals surface area contributed by atoms with Gasteiger partial charge < -0.3 is 5.32 Å². The molecule has 0 aliphatic carbocycles. The van der Waals surface area contributed by atoms with Crippen molar-refractivity contribution in [2.24, 2.45) is 0 Å². The quantitative estimate of drug-likeness (QED) is 0.797. The van der Waals surface area contributed by atoms with Gasteiger partial charge in [0.05, 0.1) is 6.42 Å². The Bertz CT molecular complexity index is 615. The van der Waals surface area contributed by atoms with Crippen LogP contribution in [0.3, 0.4) is 0 Å². The molecule has 0 unspecified atom stereocenters. The molecule has 0 heterocycles. The number of carbonyl (C=O) groups is 1. The molecular weight excluding hydrogens is 289 g/mol. The van der Waals surface area contributed by atoms with Crippen molar-refractivity contribution in [3.8, 4) is 0 Å². The molecule has 0 bridgehead atoms. The van der Waals surface area contributed by atoms with E-state index in [9.17, 15) is 9.18 Å². The molecule has 2 nitrogen and oxygen atoms in total. The molecule has 2 aromatic carbocycles. The van der Waals surface area contributed by atoms with Crippen molar-refractivity contribution in [1.29, 1.82) is 0 Å². The summed E-state index contributed by atoms with van der Waals surface area (Å²) in [4.78, 5) is 12.0. The Hall–Kier alpha value is -1.87. The molecule has 1 N–H and O–H groups in total. The van der Waals surface area contributed by atoms with Gasteiger partial charge in [0.15, 0.2) is 0 Å². The van der Waals surface area contributed by atoms with E-state index in [2.05, 4.69) is 5.32 Å². The standard InChI is InChI=1S/C17H17ClFNO/c18-10-4-6-13-5-3-8-15(11-13)20-17(21)12-14-7-1-2-9-16(14)19/h1-3,5,7-9,11H,4,6,10,12H2,(H,20,21). The van der Waals surface area contributed by atoms with Gasteiger partial charge in [0.1, 0.15) is 5.82 Å². The van der Waals surface area contributed by atoms with Gasteiger partial charge >= 0.3 is 0 Å². The molecule has 2 rings (SSSR count). The lowest BCUT2D eigenvalue weighted by molar-refractivity contribution is -0.115. The second-order valence-electron chi connectivity index (χ2n) is 4.81. The fourth-order valence-electron chi connectivity index (χ4n) is 2.10. The zero-order valence-electron chi connectivity index (χ0n) is 11.6. The monoisotopic (exact) mass is 305 g/mol. The molecule has 0 saturated heterocycles. The maximum absolute atomic E-state index is 13.5. The van der Waals surface area contributed by atoms with Crippen LogP contribution < -0.4 is 5.32 Å². The average molecular weight is 306 g/mol. The van der Waals surface area contributed by atoms with Crippen LogP contribution >= 0.6 is 11.6 Å². The van der Waals surface area contributed by atoms with Crippen molar-refractivity contribution in [2.45, 2.75) is 19.3 Å². The first-order chi connectivity index (χ1) is 10.2. The molecule has 110 valence electrons. The lowest BCUT2D eigenvalue weighted by Crippen LogP contribution is -2.15. The SMILES string of the molecule is O=C(Cc1ccccc1F)Nc1cccc(CCCCl)c1. The number of benzene rings is 2. The molecule has 0 aromatic heterocycles. The van der Waals surface area contributed by atoms with Crippen LogP contribution in [-0.2, 0) is 17.6 Å². The summed E-state index contributed by atoms with van der Waals surface area (Å²) in [6.07, 6.45) is 1.80. The predicted octanol–water partition coefficient (Wildman–Crippen LogP) is 4.18. The van der Waals surface area contributed by atoms with Crippen LogP contribution in [0.4, 0.5) is 10.1 Å². The molecule has 1 amide bonds. The fourth-order valence-corrected chi connectivity index (χ4v) is 2.23. The Morgan fingerprint density at radius 1 is 1.14 bits per heavy atom. The van der Waals surface area contributed by atoms with Crippen LogP contribution in [0.25, 0.3) is 0 Å². The molecule has 2 aromatic rings. The van der Waals surface area contributed by atoms with Gasteiger partial charge in [0.25, 0.3) is 0 Å². The number of rotatable bonds is 6. The number of nitrogens with one attached hydrogen (secondary N) is 1. The van der Waals surface area contributed by atoms with E-state index in [1.165, 1.54) is 6.07 Å². The Morgan fingerprint density at radius 2 is 1.95 bits per heavy atom. The fraction of sp³-hybridized carbons (Fsp3) is 0.235. The van der Waals surface area contributed by atoms with Gasteiger partial charge in [0, 0.05) is 11.6 Å². The van der Waals surface area contributed by atoms with Gasteiger partial charge in [-0.15, -0.1) is 11.6 Å². The molecule has 0 spiro atoms. The molecule has 4 heteroatoms. The summed E-state index contributed by atoms with van der Waals surface area (Å²) in [5.41, 5.74) is 2.25. The molecule has 0 aliphatic rings. The van der Waals surface area contributed by atoms with E-state index in [0.717, 1.165) is 24.1 Å². The Balaban J connectivity index is 1.98. The lowest BCUT2D eigenvalue weighted by Gasteiger charge is -2.08. The normalized spacial score (nSPS) is 10.4. The first-order valence-electron chi connectivity index (χ1n) is 6.87. The average Bonchev–Trinajstić information content (AvgIpc) is 2.48. The zero-order valence-corrected chi connectivity index (χ0v) is 12.4. The maximum atomic E-state index is 13.5. The van der Waals surface area contributed by atoms with Gasteiger partial charge in [-0.3, -0.25) is 4.79 Å². The molecule has 21 heavy (non-hydrogen) atoms. The van der Waals surface area contributed by atoms with Gasteiger partial charge in [0.2, 0.25) is 5.91 Å². The van der Waals surface area contributed by atoms with E-state index in [0.29, 0.717) is 11.4 Å². The van der Waals surface area contributed by atoms with E-state index in [1.54, 1.807) is 18.2 Å². The third-order valence-corrected chi connectivity index (χ3v) is 3.39. The van der Waals surface area contributed by atoms with Crippen LogP contribution in [0.5, 0.6) is 0 Å². The Kier molecular flexibility index (Phi) is 5.76. The smallest absolute Gasteiger partial charge is 0.228 e. The van der Waals surface area contributed by atoms with Crippen LogP contribution in [0.1, 0.15) is 17.5 Å². The summed E-state index contributed by atoms with van der Waals surface area (Å²) in [6, 6.07) is 13.9. The Morgan fingerprint density at radius 3 is 2.71 bits per heavy atom. The summed E-state index contributed by atoms with van der Waals surface area (Å²) in [5.74, 6) is 0.0299. The highest BCUT2D eigenvalue weighted by Gasteiger charge is 2.08. The first kappa shape index (κ1) is 15.5. The number of carbonyl (C=O) groups excluding carboxylic acids is 1. The number of aryl methyl sites for hydroxylation is 1. The van der Waals surface area contributed by atoms with Crippen molar-refractivity contribution >= 4 is 23.2 Å². The van der Waals surface area contributed by atoms with E-state index < -0.39 is 0 Å². The number of hydrogen-bond acceptors (Lipinski definition) is 1. The van der Waals surface area contributed by atoms with Gasteiger partial charge in [-0.1, -0.05) is 30.3 Å². The first-order valence-corrected chi connectivity index (χ1v) is 7.40. The van der Waals surface area contributed by atoms with Crippen molar-refractivity contribution in [3.05, 3.63) is 65.5 Å². The largest absolute Gasteiger partial charge is 0.326 e. The van der Waals surface area contributed by atoms with Gasteiger partial charge in [-0.05, 0) is 42.2 Å². The summed E-state index contributed by atoms with van der Waals surface area (Å²) < 4.78 is 13.5. The number of hydrogen-bond donors (Lipinski definition) is 1. The molecule has 0 atom stereocenters. The number of anilines is 1. The summed E-state index contributed by atoms with van der Waals surface area (Å²) >= 11 is 5.68. The highest BCUT2D eigenvalue weighted by Crippen LogP contribution is 2.14. The lowest BCUT2D eigenvalue weighted by atomic mass is 10.1. The highest BCUT2D eigenvalue weighted by molar-refractivity contribution is 6.17. The van der Waals surface area contributed by atoms with E-state index >= 15 is 0 Å². The van der Waals surface area contributed by atoms with Crippen LogP contribution in [-0.4, -0.2) is 11.8 Å². The van der Waals surface area contributed by atoms with Crippen LogP contribution in [0.2, 0.25) is 0 Å². The molecule has 0 fully saturated rings. The zero-order chi connectivity index (χ0) is 15.1. The topological polar surface area (TPSA) is 29.1 Å². The van der Waals surface area contributed by atoms with Crippen molar-refractivity contribution in [3.63, 3.8) is 0 Å². The maximum Gasteiger partial charge on any atom is 0.228 e. The van der Waals surface area contributed by atoms with Crippen molar-refractivity contribution in [1.82, 2.24) is 0 Å². The second kappa shape index (κ2) is 7.79. The summed E-state index contributed by atoms with van der Waals surface area (Å²) in [6.45, 7) is 0. The van der Waals surface area contributed by atoms with Crippen LogP contribution in [0, 0.1) is 5.82 Å². The minimum Gasteiger partial charge on any atom is -0.326 e. The number of amides is 1. The third kappa shape index (κ3) is 4.87. The summed E-state index contributed by atoms with van der Waals surface area (Å²) in [7, 11) is 0. The second-order valence-corrected chi connectivity index (χ2v) is 5.19. The minimum absolute atomic E-state index is 0.0264. The Labute approximate surface area is 128 Å². The van der Waals surface area contributed by atoms with Gasteiger partial charge in [-0.2, -0.15) is 0 Å². The van der Waals surface area contributed by atoms with Crippen molar-refractivity contribution < 1.29 is 9.18 Å². The van der Waals surface area contributed by atoms with Gasteiger partial charge in [-0.25, -0.2) is 4.39 Å². The van der Waals surface area contributed by atoms with Crippen molar-refractivity contribution in [2.75, 3.05) is 11.2 Å². The van der Waals surface area contributed by atoms with E-state index in [-0.39, 0.29) is 18.1 Å². The van der Waals surface area contributed by atoms with E-state index in [1.807, 2.05) is 24.3 Å². The molecule has 0 aliphatic heterocycles. The molecule has 0 saturated carbocycles. The summed E-state index contributed by atoms with van der Waals surface area (Å²) in [5, 5.41) is 2.80. The number of halogens is 2. The van der Waals surface area contributed by atoms with E-state index in [4.69, 9.17) is 11.6 Å². The van der Waals surface area contributed by atoms with Crippen LogP contribution in [0.15, 0.2) is 48.5 Å². The predicted molar refractivity (Wildman–Crippen MR) is 84.2 cm³/mol. The third-order valence-electron chi connectivity index (χ3n) is 3.12. The molecular formula is C17H17ClFNO. The molecule has 0 radical (unpaired) electrons. The minimum atomic E-state index is -0.358. The number of alkyl halides is 1. The highest BCUT2D eigenvalue weighted by atomic mass is 35.5.